The van der Waals surface area contributed by atoms with Crippen LogP contribution >= 0.6 is 0 Å². The summed E-state index contributed by atoms with van der Waals surface area (Å²) in [5.41, 5.74) is 4.60. The number of benzene rings is 2. The number of rotatable bonds is 3. The van der Waals surface area contributed by atoms with Gasteiger partial charge in [0.25, 0.3) is 0 Å². The molecule has 6 heteroatoms. The van der Waals surface area contributed by atoms with Crippen LogP contribution in [0, 0.1) is 11.3 Å². The van der Waals surface area contributed by atoms with Crippen molar-refractivity contribution in [3.05, 3.63) is 77.0 Å². The number of carbonyl (C=O) groups is 1. The van der Waals surface area contributed by atoms with E-state index >= 15 is 0 Å². The van der Waals surface area contributed by atoms with Crippen molar-refractivity contribution in [2.75, 3.05) is 4.90 Å². The molecule has 0 saturated heterocycles. The van der Waals surface area contributed by atoms with E-state index in [-0.39, 0.29) is 5.56 Å². The molecule has 0 aliphatic carbocycles. The number of anilines is 1. The highest BCUT2D eigenvalue weighted by atomic mass is 16.4. The van der Waals surface area contributed by atoms with Gasteiger partial charge in [0.05, 0.1) is 23.1 Å². The molecule has 0 spiro atoms. The van der Waals surface area contributed by atoms with Crippen LogP contribution < -0.4 is 4.90 Å². The maximum atomic E-state index is 11.2. The smallest absolute Gasteiger partial charge is 0.339 e. The third-order valence-corrected chi connectivity index (χ3v) is 4.71. The fourth-order valence-electron chi connectivity index (χ4n) is 3.34. The van der Waals surface area contributed by atoms with Crippen molar-refractivity contribution in [3.8, 4) is 23.1 Å². The van der Waals surface area contributed by atoms with Crippen LogP contribution in [0.2, 0.25) is 0 Å². The van der Waals surface area contributed by atoms with Crippen molar-refractivity contribution in [1.29, 1.82) is 5.26 Å². The lowest BCUT2D eigenvalue weighted by Gasteiger charge is -2.19. The second-order valence-corrected chi connectivity index (χ2v) is 6.36. The minimum absolute atomic E-state index is 0.224. The molecule has 27 heavy (non-hydrogen) atoms. The van der Waals surface area contributed by atoms with Gasteiger partial charge in [-0.2, -0.15) is 5.26 Å². The number of pyridine rings is 1. The SMILES string of the molecule is N#Cc1cc(-c2cc(C(=O)O)c(O)cn2)ccc1N1Cc2ccccc2C1. The van der Waals surface area contributed by atoms with E-state index in [1.54, 1.807) is 6.07 Å². The number of carboxylic acid groups (broad SMARTS) is 1. The van der Waals surface area contributed by atoms with E-state index in [0.29, 0.717) is 16.8 Å². The van der Waals surface area contributed by atoms with Crippen LogP contribution in [0.3, 0.4) is 0 Å². The van der Waals surface area contributed by atoms with Gasteiger partial charge in [-0.25, -0.2) is 4.79 Å². The molecule has 0 fully saturated rings. The van der Waals surface area contributed by atoms with Crippen molar-refractivity contribution in [1.82, 2.24) is 4.98 Å². The predicted octanol–water partition coefficient (Wildman–Crippen LogP) is 3.54. The summed E-state index contributed by atoms with van der Waals surface area (Å²) in [4.78, 5) is 17.4. The standard InChI is InChI=1S/C21H15N3O3/c22-9-16-7-13(18-8-17(21(26)27)20(25)10-23-18)5-6-19(16)24-11-14-3-1-2-4-15(14)12-24/h1-8,10,25H,11-12H2,(H,26,27). The van der Waals surface area contributed by atoms with Gasteiger partial charge in [0, 0.05) is 18.7 Å². The van der Waals surface area contributed by atoms with E-state index in [2.05, 4.69) is 28.1 Å². The van der Waals surface area contributed by atoms with E-state index in [4.69, 9.17) is 5.11 Å². The molecule has 0 bridgehead atoms. The normalized spacial score (nSPS) is 12.5. The Hall–Kier alpha value is -3.85. The largest absolute Gasteiger partial charge is 0.505 e. The summed E-state index contributed by atoms with van der Waals surface area (Å²) in [6, 6.07) is 17.1. The number of nitriles is 1. The average molecular weight is 357 g/mol. The third kappa shape index (κ3) is 2.96. The number of nitrogens with zero attached hydrogens (tertiary/aromatic N) is 3. The van der Waals surface area contributed by atoms with Crippen LogP contribution in [0.1, 0.15) is 27.0 Å². The van der Waals surface area contributed by atoms with E-state index in [1.165, 1.54) is 17.2 Å². The molecule has 0 amide bonds. The monoisotopic (exact) mass is 357 g/mol. The van der Waals surface area contributed by atoms with Crippen LogP contribution in [0.25, 0.3) is 11.3 Å². The molecule has 6 nitrogen and oxygen atoms in total. The van der Waals surface area contributed by atoms with Gasteiger partial charge in [-0.1, -0.05) is 30.3 Å². The van der Waals surface area contributed by atoms with Crippen LogP contribution in [-0.4, -0.2) is 21.2 Å². The zero-order valence-corrected chi connectivity index (χ0v) is 14.3. The van der Waals surface area contributed by atoms with Crippen molar-refractivity contribution >= 4 is 11.7 Å². The lowest BCUT2D eigenvalue weighted by Crippen LogP contribution is -2.15. The third-order valence-electron chi connectivity index (χ3n) is 4.71. The minimum atomic E-state index is -1.23. The predicted molar refractivity (Wildman–Crippen MR) is 99.3 cm³/mol. The number of hydrogen-bond donors (Lipinski definition) is 2. The fraction of sp³-hybridized carbons (Fsp3) is 0.0952. The zero-order chi connectivity index (χ0) is 19.0. The molecule has 3 aromatic rings. The Morgan fingerprint density at radius 1 is 1.11 bits per heavy atom. The Kier molecular flexibility index (Phi) is 3.98. The van der Waals surface area contributed by atoms with Gasteiger partial charge in [-0.05, 0) is 29.3 Å². The first-order chi connectivity index (χ1) is 13.1. The second-order valence-electron chi connectivity index (χ2n) is 6.36. The first-order valence-electron chi connectivity index (χ1n) is 8.35. The number of aromatic carboxylic acids is 1. The van der Waals surface area contributed by atoms with Gasteiger partial charge in [0.15, 0.2) is 0 Å². The molecular formula is C21H15N3O3. The minimum Gasteiger partial charge on any atom is -0.505 e. The van der Waals surface area contributed by atoms with Gasteiger partial charge >= 0.3 is 5.97 Å². The molecule has 1 aliphatic heterocycles. The highest BCUT2D eigenvalue weighted by molar-refractivity contribution is 5.92. The molecule has 0 radical (unpaired) electrons. The summed E-state index contributed by atoms with van der Waals surface area (Å²) in [6.07, 6.45) is 1.11. The fourth-order valence-corrected chi connectivity index (χ4v) is 3.34. The van der Waals surface area contributed by atoms with Crippen molar-refractivity contribution < 1.29 is 15.0 Å². The Bertz CT molecular complexity index is 1080. The van der Waals surface area contributed by atoms with Crippen LogP contribution in [0.4, 0.5) is 5.69 Å². The summed E-state index contributed by atoms with van der Waals surface area (Å²) < 4.78 is 0. The van der Waals surface area contributed by atoms with Crippen molar-refractivity contribution in [2.24, 2.45) is 0 Å². The molecular weight excluding hydrogens is 342 g/mol. The number of carboxylic acids is 1. The Balaban J connectivity index is 1.70. The van der Waals surface area contributed by atoms with Gasteiger partial charge in [0.1, 0.15) is 17.4 Å². The molecule has 2 heterocycles. The van der Waals surface area contributed by atoms with Gasteiger partial charge < -0.3 is 15.1 Å². The van der Waals surface area contributed by atoms with E-state index < -0.39 is 11.7 Å². The quantitative estimate of drug-likeness (QED) is 0.744. The second kappa shape index (κ2) is 6.46. The lowest BCUT2D eigenvalue weighted by molar-refractivity contribution is 0.0693. The Morgan fingerprint density at radius 2 is 1.81 bits per heavy atom. The van der Waals surface area contributed by atoms with Crippen molar-refractivity contribution in [3.63, 3.8) is 0 Å². The van der Waals surface area contributed by atoms with Crippen LogP contribution in [-0.2, 0) is 13.1 Å². The molecule has 2 N–H and O–H groups in total. The van der Waals surface area contributed by atoms with Gasteiger partial charge in [-0.15, -0.1) is 0 Å². The molecule has 1 aromatic heterocycles. The zero-order valence-electron chi connectivity index (χ0n) is 14.3. The first-order valence-corrected chi connectivity index (χ1v) is 8.35. The molecule has 0 saturated carbocycles. The maximum Gasteiger partial charge on any atom is 0.339 e. The highest BCUT2D eigenvalue weighted by Gasteiger charge is 2.21. The molecule has 4 rings (SSSR count). The molecule has 132 valence electrons. The van der Waals surface area contributed by atoms with Gasteiger partial charge in [-0.3, -0.25) is 4.98 Å². The molecule has 1 aliphatic rings. The molecule has 0 unspecified atom stereocenters. The lowest BCUT2D eigenvalue weighted by atomic mass is 10.0. The maximum absolute atomic E-state index is 11.2. The summed E-state index contributed by atoms with van der Waals surface area (Å²) in [5, 5.41) is 28.4. The number of aromatic nitrogens is 1. The summed E-state index contributed by atoms with van der Waals surface area (Å²) in [7, 11) is 0. The van der Waals surface area contributed by atoms with E-state index in [0.717, 1.165) is 25.0 Å². The van der Waals surface area contributed by atoms with E-state index in [1.807, 2.05) is 24.3 Å². The van der Waals surface area contributed by atoms with Crippen molar-refractivity contribution in [2.45, 2.75) is 13.1 Å². The number of hydrogen-bond acceptors (Lipinski definition) is 5. The van der Waals surface area contributed by atoms with Gasteiger partial charge in [0.2, 0.25) is 0 Å². The summed E-state index contributed by atoms with van der Waals surface area (Å²) in [5.74, 6) is -1.62. The van der Waals surface area contributed by atoms with Crippen LogP contribution in [0.5, 0.6) is 5.75 Å². The summed E-state index contributed by atoms with van der Waals surface area (Å²) >= 11 is 0. The summed E-state index contributed by atoms with van der Waals surface area (Å²) in [6.45, 7) is 1.48. The number of aromatic hydroxyl groups is 1. The average Bonchev–Trinajstić information content (AvgIpc) is 3.11. The topological polar surface area (TPSA) is 97.5 Å². The highest BCUT2D eigenvalue weighted by Crippen LogP contribution is 2.33. The van der Waals surface area contributed by atoms with E-state index in [9.17, 15) is 15.2 Å². The number of fused-ring (bicyclic) bond motifs is 1. The van der Waals surface area contributed by atoms with Crippen LogP contribution in [0.15, 0.2) is 54.7 Å². The molecule has 2 aromatic carbocycles. The Labute approximate surface area is 155 Å². The molecule has 0 atom stereocenters. The first kappa shape index (κ1) is 16.6. The Morgan fingerprint density at radius 3 is 2.44 bits per heavy atom.